The second-order valence-corrected chi connectivity index (χ2v) is 6.43. The summed E-state index contributed by atoms with van der Waals surface area (Å²) in [5.74, 6) is -0.758. The van der Waals surface area contributed by atoms with Gasteiger partial charge in [0.15, 0.2) is 12.4 Å². The van der Waals surface area contributed by atoms with Crippen LogP contribution < -0.4 is 15.3 Å². The number of ketones is 1. The number of hydrogen-bond acceptors (Lipinski definition) is 5. The van der Waals surface area contributed by atoms with Gasteiger partial charge in [0.1, 0.15) is 16.8 Å². The van der Waals surface area contributed by atoms with Gasteiger partial charge in [0, 0.05) is 11.5 Å². The molecular formula is C23H17BrN2O4. The highest BCUT2D eigenvalue weighted by Gasteiger charge is 2.18. The Balaban J connectivity index is 0.00000256. The zero-order valence-corrected chi connectivity index (χ0v) is 17.4. The fraction of sp³-hybridized carbons (Fsp3) is 0.0435. The molecule has 0 aliphatic carbocycles. The topological polar surface area (TPSA) is 86.6 Å². The van der Waals surface area contributed by atoms with E-state index in [9.17, 15) is 14.7 Å². The van der Waals surface area contributed by atoms with Crippen molar-refractivity contribution in [1.29, 1.82) is 0 Å². The summed E-state index contributed by atoms with van der Waals surface area (Å²) in [5, 5.41) is 12.9. The Morgan fingerprint density at radius 3 is 2.53 bits per heavy atom. The molecule has 0 atom stereocenters. The third-order valence-electron chi connectivity index (χ3n) is 4.36. The van der Waals surface area contributed by atoms with Crippen molar-refractivity contribution in [2.75, 3.05) is 0 Å². The maximum atomic E-state index is 12.7. The van der Waals surface area contributed by atoms with Crippen LogP contribution in [0, 0.1) is 0 Å². The third kappa shape index (κ3) is 4.69. The highest BCUT2D eigenvalue weighted by atomic mass is 79.9. The van der Waals surface area contributed by atoms with Crippen LogP contribution in [0.1, 0.15) is 15.9 Å². The number of rotatable bonds is 5. The van der Waals surface area contributed by atoms with E-state index in [2.05, 4.69) is 4.99 Å². The van der Waals surface area contributed by atoms with Crippen LogP contribution in [0.2, 0.25) is 0 Å². The van der Waals surface area contributed by atoms with E-state index in [-0.39, 0.29) is 40.8 Å². The van der Waals surface area contributed by atoms with Crippen LogP contribution in [0.5, 0.6) is 0 Å². The first-order chi connectivity index (χ1) is 14.1. The molecule has 2 aromatic carbocycles. The second kappa shape index (κ2) is 9.28. The Hall–Kier alpha value is -3.58. The molecule has 4 aromatic rings. The van der Waals surface area contributed by atoms with Gasteiger partial charge in [-0.25, -0.2) is 4.79 Å². The molecule has 0 fully saturated rings. The number of halogens is 1. The maximum Gasteiger partial charge on any atom is 0.347 e. The summed E-state index contributed by atoms with van der Waals surface area (Å²) >= 11 is 0. The molecule has 0 saturated heterocycles. The summed E-state index contributed by atoms with van der Waals surface area (Å²) < 4.78 is 6.81. The van der Waals surface area contributed by atoms with Gasteiger partial charge >= 0.3 is 5.63 Å². The van der Waals surface area contributed by atoms with Crippen molar-refractivity contribution in [3.8, 4) is 0 Å². The van der Waals surface area contributed by atoms with Gasteiger partial charge in [-0.1, -0.05) is 48.5 Å². The lowest BCUT2D eigenvalue weighted by atomic mass is 10.1. The Labute approximate surface area is 182 Å². The predicted molar refractivity (Wildman–Crippen MR) is 116 cm³/mol. The van der Waals surface area contributed by atoms with Gasteiger partial charge in [-0.15, -0.1) is 17.0 Å². The lowest BCUT2D eigenvalue weighted by Gasteiger charge is -2.09. The highest BCUT2D eigenvalue weighted by molar-refractivity contribution is 8.93. The fourth-order valence-electron chi connectivity index (χ4n) is 2.94. The van der Waals surface area contributed by atoms with E-state index in [1.54, 1.807) is 77.6 Å². The van der Waals surface area contributed by atoms with Gasteiger partial charge in [-0.3, -0.25) is 9.79 Å². The number of aromatic nitrogens is 1. The molecular weight excluding hydrogens is 448 g/mol. The summed E-state index contributed by atoms with van der Waals surface area (Å²) in [7, 11) is 0. The van der Waals surface area contributed by atoms with Crippen molar-refractivity contribution in [1.82, 2.24) is 0 Å². The molecule has 0 bridgehead atoms. The van der Waals surface area contributed by atoms with Crippen LogP contribution in [0.25, 0.3) is 11.0 Å². The number of carbonyl (C=O) groups excluding carboxylic acids is 1. The van der Waals surface area contributed by atoms with Gasteiger partial charge in [-0.2, -0.15) is 4.57 Å². The van der Waals surface area contributed by atoms with E-state index in [0.29, 0.717) is 22.2 Å². The number of aliphatic imine (C=N–C) groups is 1. The van der Waals surface area contributed by atoms with E-state index >= 15 is 0 Å². The summed E-state index contributed by atoms with van der Waals surface area (Å²) in [5.41, 5.74) is 0.641. The number of nitrogens with zero attached hydrogens (tertiary/aromatic N) is 2. The Bertz CT molecular complexity index is 1280. The molecule has 30 heavy (non-hydrogen) atoms. The highest BCUT2D eigenvalue weighted by Crippen LogP contribution is 2.13. The largest absolute Gasteiger partial charge is 0.858 e. The Kier molecular flexibility index (Phi) is 6.54. The minimum Gasteiger partial charge on any atom is -0.858 e. The Morgan fingerprint density at radius 2 is 1.73 bits per heavy atom. The van der Waals surface area contributed by atoms with Gasteiger partial charge in [0.25, 0.3) is 0 Å². The van der Waals surface area contributed by atoms with E-state index in [4.69, 9.17) is 4.42 Å². The molecule has 2 heterocycles. The summed E-state index contributed by atoms with van der Waals surface area (Å²) in [6.07, 6.45) is 3.26. The lowest BCUT2D eigenvalue weighted by molar-refractivity contribution is -0.682. The minimum absolute atomic E-state index is 0. The predicted octanol–water partition coefficient (Wildman–Crippen LogP) is 2.98. The normalized spacial score (nSPS) is 11.1. The van der Waals surface area contributed by atoms with Crippen molar-refractivity contribution in [3.63, 3.8) is 0 Å². The first-order valence-electron chi connectivity index (χ1n) is 8.96. The SMILES string of the molecule is Br.O=C(C[n+]1cccc(N=C([O-])c2ccccc2)c1)c1cc2ccccc2oc1=O. The number of fused-ring (bicyclic) bond motifs is 1. The van der Waals surface area contributed by atoms with Crippen molar-refractivity contribution in [2.24, 2.45) is 4.99 Å². The van der Waals surface area contributed by atoms with E-state index in [0.717, 1.165) is 0 Å². The number of para-hydroxylation sites is 1. The average molecular weight is 465 g/mol. The second-order valence-electron chi connectivity index (χ2n) is 6.43. The average Bonchev–Trinajstić information content (AvgIpc) is 2.74. The zero-order chi connectivity index (χ0) is 20.2. The molecule has 4 rings (SSSR count). The first-order valence-corrected chi connectivity index (χ1v) is 8.96. The quantitative estimate of drug-likeness (QED) is 0.149. The number of hydrogen-bond donors (Lipinski definition) is 0. The van der Waals surface area contributed by atoms with Crippen LogP contribution >= 0.6 is 17.0 Å². The first kappa shape index (κ1) is 21.1. The van der Waals surface area contributed by atoms with Crippen molar-refractivity contribution < 1.29 is 18.9 Å². The molecule has 0 radical (unpaired) electrons. The summed E-state index contributed by atoms with van der Waals surface area (Å²) in [6, 6.07) is 20.6. The standard InChI is InChI=1S/C23H16N2O4.BrH/c26-20(19-13-17-9-4-5-11-21(17)29-23(19)28)15-25-12-6-10-18(14-25)24-22(27)16-7-2-1-3-8-16;/h1-14H,15H2;1H. The van der Waals surface area contributed by atoms with E-state index in [1.165, 1.54) is 6.07 Å². The fourth-order valence-corrected chi connectivity index (χ4v) is 2.94. The molecule has 2 aromatic heterocycles. The lowest BCUT2D eigenvalue weighted by Crippen LogP contribution is -2.38. The number of benzene rings is 2. The number of carbonyl (C=O) groups is 1. The Morgan fingerprint density at radius 1 is 1.00 bits per heavy atom. The van der Waals surface area contributed by atoms with Crippen LogP contribution in [-0.2, 0) is 6.54 Å². The molecule has 7 heteroatoms. The minimum atomic E-state index is -0.672. The summed E-state index contributed by atoms with van der Waals surface area (Å²) in [4.78, 5) is 28.9. The van der Waals surface area contributed by atoms with Crippen LogP contribution in [-0.4, -0.2) is 11.7 Å². The molecule has 0 N–H and O–H groups in total. The smallest absolute Gasteiger partial charge is 0.347 e. The zero-order valence-electron chi connectivity index (χ0n) is 15.7. The maximum absolute atomic E-state index is 12.7. The van der Waals surface area contributed by atoms with Crippen LogP contribution in [0.15, 0.2) is 99.4 Å². The molecule has 0 saturated carbocycles. The number of Topliss-reactive ketones (excluding diaryl/α,β-unsaturated/α-hetero) is 1. The third-order valence-corrected chi connectivity index (χ3v) is 4.36. The molecule has 6 nitrogen and oxygen atoms in total. The molecule has 150 valence electrons. The van der Waals surface area contributed by atoms with Crippen molar-refractivity contribution in [2.45, 2.75) is 6.54 Å². The molecule has 0 aliphatic rings. The van der Waals surface area contributed by atoms with Gasteiger partial charge in [0.05, 0.1) is 0 Å². The summed E-state index contributed by atoms with van der Waals surface area (Å²) in [6.45, 7) is -0.0774. The van der Waals surface area contributed by atoms with Gasteiger partial charge in [0.2, 0.25) is 12.3 Å². The van der Waals surface area contributed by atoms with Gasteiger partial charge in [-0.05, 0) is 29.7 Å². The van der Waals surface area contributed by atoms with Crippen LogP contribution in [0.3, 0.4) is 0 Å². The van der Waals surface area contributed by atoms with Crippen molar-refractivity contribution >= 4 is 45.3 Å². The molecule has 0 unspecified atom stereocenters. The van der Waals surface area contributed by atoms with Crippen molar-refractivity contribution in [3.05, 3.63) is 107 Å². The number of pyridine rings is 1. The molecule has 0 spiro atoms. The molecule has 0 amide bonds. The monoisotopic (exact) mass is 464 g/mol. The van der Waals surface area contributed by atoms with E-state index < -0.39 is 5.63 Å². The van der Waals surface area contributed by atoms with E-state index in [1.807, 2.05) is 6.07 Å². The molecule has 0 aliphatic heterocycles. The van der Waals surface area contributed by atoms with Crippen LogP contribution in [0.4, 0.5) is 5.69 Å². The van der Waals surface area contributed by atoms with Gasteiger partial charge < -0.3 is 9.52 Å².